The van der Waals surface area contributed by atoms with Gasteiger partial charge in [-0.2, -0.15) is 5.06 Å². The zero-order valence-corrected chi connectivity index (χ0v) is 17.6. The van der Waals surface area contributed by atoms with Crippen LogP contribution in [0.15, 0.2) is 91.1 Å². The highest BCUT2D eigenvalue weighted by molar-refractivity contribution is 5.84. The fourth-order valence-electron chi connectivity index (χ4n) is 4.46. The summed E-state index contributed by atoms with van der Waals surface area (Å²) in [4.78, 5) is 17.7. The van der Waals surface area contributed by atoms with Crippen LogP contribution in [-0.4, -0.2) is 38.9 Å². The van der Waals surface area contributed by atoms with Crippen LogP contribution in [0.4, 0.5) is 4.79 Å². The second-order valence-electron chi connectivity index (χ2n) is 8.08. The molecule has 2 atom stereocenters. The minimum Gasteiger partial charge on any atom is -0.447 e. The monoisotopic (exact) mass is 427 g/mol. The van der Waals surface area contributed by atoms with E-state index < -0.39 is 6.04 Å². The Balaban J connectivity index is 1.53. The zero-order valence-electron chi connectivity index (χ0n) is 17.6. The van der Waals surface area contributed by atoms with E-state index in [1.165, 1.54) is 5.06 Å². The first-order valence-electron chi connectivity index (χ1n) is 10.7. The molecule has 6 heteroatoms. The van der Waals surface area contributed by atoms with Crippen LogP contribution in [0.1, 0.15) is 22.7 Å². The lowest BCUT2D eigenvalue weighted by atomic mass is 9.97. The Morgan fingerprint density at radius 3 is 2.38 bits per heavy atom. The number of hydrogen-bond acceptors (Lipinski definition) is 4. The molecule has 1 aromatic heterocycles. The summed E-state index contributed by atoms with van der Waals surface area (Å²) in [6, 6.07) is 26.8. The van der Waals surface area contributed by atoms with Gasteiger partial charge in [0.15, 0.2) is 0 Å². The van der Waals surface area contributed by atoms with Gasteiger partial charge in [0.05, 0.1) is 12.1 Å². The standard InChI is InChI=1S/C26H25N3O3/c30-26-28(16-19-9-3-1-4-10-19)24(18-32-26)25(29(31)17-20-11-5-2-6-12-20)22-15-27-23-14-8-7-13-21(22)23/h1-15,24-25,27,31H,16-18H2/t24-,25-/m1/s1. The van der Waals surface area contributed by atoms with Crippen molar-refractivity contribution >= 4 is 17.0 Å². The van der Waals surface area contributed by atoms with E-state index in [4.69, 9.17) is 4.74 Å². The highest BCUT2D eigenvalue weighted by atomic mass is 16.6. The molecule has 4 aromatic rings. The van der Waals surface area contributed by atoms with Crippen molar-refractivity contribution < 1.29 is 14.7 Å². The van der Waals surface area contributed by atoms with Gasteiger partial charge in [-0.15, -0.1) is 0 Å². The van der Waals surface area contributed by atoms with Crippen molar-refractivity contribution in [3.63, 3.8) is 0 Å². The molecule has 1 aliphatic heterocycles. The van der Waals surface area contributed by atoms with Crippen LogP contribution >= 0.6 is 0 Å². The topological polar surface area (TPSA) is 68.8 Å². The number of benzene rings is 3. The maximum Gasteiger partial charge on any atom is 0.410 e. The number of nitrogens with zero attached hydrogens (tertiary/aromatic N) is 2. The Kier molecular flexibility index (Phi) is 5.62. The summed E-state index contributed by atoms with van der Waals surface area (Å²) < 4.78 is 5.48. The molecule has 0 unspecified atom stereocenters. The molecule has 6 nitrogen and oxygen atoms in total. The molecule has 2 N–H and O–H groups in total. The Hall–Kier alpha value is -3.61. The lowest BCUT2D eigenvalue weighted by Crippen LogP contribution is -2.44. The molecular weight excluding hydrogens is 402 g/mol. The second kappa shape index (κ2) is 8.86. The summed E-state index contributed by atoms with van der Waals surface area (Å²) in [6.07, 6.45) is 1.56. The van der Waals surface area contributed by atoms with Gasteiger partial charge in [-0.25, -0.2) is 4.79 Å². The van der Waals surface area contributed by atoms with Crippen molar-refractivity contribution in [3.8, 4) is 0 Å². The summed E-state index contributed by atoms with van der Waals surface area (Å²) in [6.45, 7) is 0.957. The third-order valence-corrected chi connectivity index (χ3v) is 6.02. The molecule has 1 aliphatic rings. The van der Waals surface area contributed by atoms with E-state index in [0.717, 1.165) is 27.6 Å². The van der Waals surface area contributed by atoms with Gasteiger partial charge in [-0.3, -0.25) is 4.90 Å². The summed E-state index contributed by atoms with van der Waals surface area (Å²) in [5.74, 6) is 0. The third-order valence-electron chi connectivity index (χ3n) is 6.02. The van der Waals surface area contributed by atoms with Crippen LogP contribution in [0.25, 0.3) is 10.9 Å². The van der Waals surface area contributed by atoms with Gasteiger partial charge in [0.2, 0.25) is 0 Å². The molecule has 1 fully saturated rings. The van der Waals surface area contributed by atoms with Crippen LogP contribution in [0.5, 0.6) is 0 Å². The zero-order chi connectivity index (χ0) is 21.9. The highest BCUT2D eigenvalue weighted by Crippen LogP contribution is 2.36. The second-order valence-corrected chi connectivity index (χ2v) is 8.08. The van der Waals surface area contributed by atoms with Crippen molar-refractivity contribution in [3.05, 3.63) is 108 Å². The van der Waals surface area contributed by atoms with Crippen molar-refractivity contribution in [2.24, 2.45) is 0 Å². The largest absolute Gasteiger partial charge is 0.447 e. The number of aromatic nitrogens is 1. The van der Waals surface area contributed by atoms with E-state index in [1.807, 2.05) is 91.1 Å². The Morgan fingerprint density at radius 2 is 1.62 bits per heavy atom. The number of cyclic esters (lactones) is 1. The molecule has 2 heterocycles. The predicted octanol–water partition coefficient (Wildman–Crippen LogP) is 5.12. The van der Waals surface area contributed by atoms with Gasteiger partial charge in [-0.05, 0) is 22.8 Å². The average molecular weight is 428 g/mol. The molecule has 0 saturated carbocycles. The normalized spacial score (nSPS) is 17.1. The number of nitrogens with one attached hydrogen (secondary N) is 1. The smallest absolute Gasteiger partial charge is 0.410 e. The molecule has 0 spiro atoms. The summed E-state index contributed by atoms with van der Waals surface area (Å²) in [5, 5.41) is 13.7. The van der Waals surface area contributed by atoms with E-state index in [0.29, 0.717) is 13.1 Å². The lowest BCUT2D eigenvalue weighted by molar-refractivity contribution is -0.151. The molecule has 1 amide bonds. The number of hydroxylamine groups is 2. The average Bonchev–Trinajstić information content (AvgIpc) is 3.40. The fourth-order valence-corrected chi connectivity index (χ4v) is 4.46. The minimum absolute atomic E-state index is 0.210. The van der Waals surface area contributed by atoms with E-state index in [-0.39, 0.29) is 18.7 Å². The predicted molar refractivity (Wildman–Crippen MR) is 122 cm³/mol. The number of hydrogen-bond donors (Lipinski definition) is 2. The molecule has 162 valence electrons. The lowest BCUT2D eigenvalue weighted by Gasteiger charge is -2.34. The number of carbonyl (C=O) groups is 1. The Morgan fingerprint density at radius 1 is 0.969 bits per heavy atom. The first kappa shape index (κ1) is 20.3. The number of rotatable bonds is 7. The number of H-pyrrole nitrogens is 1. The SMILES string of the molecule is O=C1OC[C@H]([C@@H](c2c[nH]c3ccccc23)N(O)Cc2ccccc2)N1Cc1ccccc1. The Labute approximate surface area is 186 Å². The molecule has 0 bridgehead atoms. The van der Waals surface area contributed by atoms with Gasteiger partial charge < -0.3 is 14.9 Å². The minimum atomic E-state index is -0.471. The van der Waals surface area contributed by atoms with Crippen LogP contribution in [0, 0.1) is 0 Å². The number of para-hydroxylation sites is 1. The van der Waals surface area contributed by atoms with Crippen molar-refractivity contribution in [1.29, 1.82) is 0 Å². The molecule has 5 rings (SSSR count). The maximum atomic E-state index is 12.7. The highest BCUT2D eigenvalue weighted by Gasteiger charge is 2.42. The Bertz CT molecular complexity index is 1190. The summed E-state index contributed by atoms with van der Waals surface area (Å²) in [5.41, 5.74) is 3.92. The number of aromatic amines is 1. The molecular formula is C26H25N3O3. The van der Waals surface area contributed by atoms with Crippen LogP contribution in [-0.2, 0) is 17.8 Å². The van der Waals surface area contributed by atoms with Crippen molar-refractivity contribution in [2.45, 2.75) is 25.2 Å². The van der Waals surface area contributed by atoms with E-state index in [2.05, 4.69) is 4.98 Å². The van der Waals surface area contributed by atoms with Crippen LogP contribution in [0.3, 0.4) is 0 Å². The number of carbonyl (C=O) groups excluding carboxylic acids is 1. The van der Waals surface area contributed by atoms with Gasteiger partial charge >= 0.3 is 6.09 Å². The third kappa shape index (κ3) is 3.98. The van der Waals surface area contributed by atoms with Crippen molar-refractivity contribution in [2.75, 3.05) is 6.61 Å². The van der Waals surface area contributed by atoms with E-state index in [1.54, 1.807) is 4.90 Å². The summed E-state index contributed by atoms with van der Waals surface area (Å²) >= 11 is 0. The van der Waals surface area contributed by atoms with Gasteiger partial charge in [0.1, 0.15) is 6.61 Å². The fraction of sp³-hybridized carbons (Fsp3) is 0.192. The number of ether oxygens (including phenoxy) is 1. The quantitative estimate of drug-likeness (QED) is 0.402. The first-order chi connectivity index (χ1) is 15.7. The number of fused-ring (bicyclic) bond motifs is 1. The van der Waals surface area contributed by atoms with Crippen LogP contribution < -0.4 is 0 Å². The maximum absolute atomic E-state index is 12.7. The van der Waals surface area contributed by atoms with Crippen molar-refractivity contribution in [1.82, 2.24) is 14.9 Å². The van der Waals surface area contributed by atoms with E-state index >= 15 is 0 Å². The van der Waals surface area contributed by atoms with Crippen LogP contribution in [0.2, 0.25) is 0 Å². The summed E-state index contributed by atoms with van der Waals surface area (Å²) in [7, 11) is 0. The molecule has 3 aromatic carbocycles. The van der Waals surface area contributed by atoms with Gasteiger partial charge in [0.25, 0.3) is 0 Å². The number of amides is 1. The molecule has 32 heavy (non-hydrogen) atoms. The molecule has 0 radical (unpaired) electrons. The van der Waals surface area contributed by atoms with Gasteiger partial charge in [0, 0.05) is 30.2 Å². The van der Waals surface area contributed by atoms with E-state index in [9.17, 15) is 10.0 Å². The van der Waals surface area contributed by atoms with Gasteiger partial charge in [-0.1, -0.05) is 78.9 Å². The molecule has 0 aliphatic carbocycles. The first-order valence-corrected chi connectivity index (χ1v) is 10.7. The molecule has 1 saturated heterocycles.